The number of nitrogen functional groups attached to an aromatic ring is 1. The quantitative estimate of drug-likeness (QED) is 0.682. The highest BCUT2D eigenvalue weighted by Crippen LogP contribution is 2.37. The van der Waals surface area contributed by atoms with Gasteiger partial charge < -0.3 is 10.3 Å². The molecule has 0 aliphatic heterocycles. The van der Waals surface area contributed by atoms with E-state index in [1.54, 1.807) is 18.2 Å². The lowest BCUT2D eigenvalue weighted by Crippen LogP contribution is -1.88. The van der Waals surface area contributed by atoms with Crippen LogP contribution in [0.4, 0.5) is 10.3 Å². The number of benzene rings is 2. The second-order valence-corrected chi connectivity index (χ2v) is 5.79. The molecule has 2 aromatic carbocycles. The number of hydrogen-bond donors (Lipinski definition) is 1. The second-order valence-electron chi connectivity index (χ2n) is 4.44. The summed E-state index contributed by atoms with van der Waals surface area (Å²) in [5.74, 6) is -0.198. The molecule has 0 saturated heterocycles. The van der Waals surface area contributed by atoms with E-state index in [4.69, 9.17) is 21.9 Å². The summed E-state index contributed by atoms with van der Waals surface area (Å²) in [5, 5.41) is 4.56. The summed E-state index contributed by atoms with van der Waals surface area (Å²) >= 11 is 9.15. The molecule has 6 heteroatoms. The van der Waals surface area contributed by atoms with Crippen LogP contribution in [-0.4, -0.2) is 5.16 Å². The highest BCUT2D eigenvalue weighted by Gasteiger charge is 2.18. The molecule has 0 aliphatic carbocycles. The molecule has 0 aliphatic rings. The summed E-state index contributed by atoms with van der Waals surface area (Å²) in [7, 11) is 0. The minimum absolute atomic E-state index is 0.174. The maximum Gasteiger partial charge on any atom is 0.230 e. The first-order chi connectivity index (χ1) is 10.0. The zero-order chi connectivity index (χ0) is 15.0. The van der Waals surface area contributed by atoms with Gasteiger partial charge in [-0.3, -0.25) is 0 Å². The highest BCUT2D eigenvalue weighted by molar-refractivity contribution is 9.10. The molecule has 3 nitrogen and oxygen atoms in total. The van der Waals surface area contributed by atoms with Crippen molar-refractivity contribution in [3.8, 4) is 22.4 Å². The van der Waals surface area contributed by atoms with Crippen LogP contribution in [0, 0.1) is 5.82 Å². The standard InChI is InChI=1S/C15H9BrClFN2O/c16-10-5-9(6-12(18)7-10)14-13(15(19)21-20-14)8-1-3-11(17)4-2-8/h1-7H,19H2. The van der Waals surface area contributed by atoms with Crippen molar-refractivity contribution in [2.75, 3.05) is 5.73 Å². The number of aromatic nitrogens is 1. The Balaban J connectivity index is 2.19. The summed E-state index contributed by atoms with van der Waals surface area (Å²) < 4.78 is 19.3. The number of rotatable bonds is 2. The smallest absolute Gasteiger partial charge is 0.230 e. The van der Waals surface area contributed by atoms with Crippen molar-refractivity contribution in [2.45, 2.75) is 0 Å². The van der Waals surface area contributed by atoms with Crippen molar-refractivity contribution in [2.24, 2.45) is 0 Å². The topological polar surface area (TPSA) is 52.0 Å². The van der Waals surface area contributed by atoms with Crippen molar-refractivity contribution in [3.05, 3.63) is 57.8 Å². The lowest BCUT2D eigenvalue weighted by Gasteiger charge is -2.04. The van der Waals surface area contributed by atoms with E-state index < -0.39 is 0 Å². The maximum atomic E-state index is 13.6. The Hall–Kier alpha value is -1.85. The van der Waals surface area contributed by atoms with E-state index in [1.165, 1.54) is 12.1 Å². The molecule has 0 radical (unpaired) electrons. The average Bonchev–Trinajstić information content (AvgIpc) is 2.80. The summed E-state index contributed by atoms with van der Waals surface area (Å²) in [6.45, 7) is 0. The molecule has 0 spiro atoms. The average molecular weight is 368 g/mol. The van der Waals surface area contributed by atoms with E-state index >= 15 is 0 Å². The summed E-state index contributed by atoms with van der Waals surface area (Å²) in [4.78, 5) is 0. The molecular formula is C15H9BrClFN2O. The van der Waals surface area contributed by atoms with E-state index in [0.717, 1.165) is 5.56 Å². The third-order valence-corrected chi connectivity index (χ3v) is 3.70. The summed E-state index contributed by atoms with van der Waals surface area (Å²) in [6, 6.07) is 11.6. The van der Waals surface area contributed by atoms with Crippen LogP contribution in [-0.2, 0) is 0 Å². The van der Waals surface area contributed by atoms with Crippen molar-refractivity contribution in [1.29, 1.82) is 0 Å². The first-order valence-electron chi connectivity index (χ1n) is 6.02. The molecule has 1 aromatic heterocycles. The van der Waals surface area contributed by atoms with Gasteiger partial charge in [0.15, 0.2) is 0 Å². The summed E-state index contributed by atoms with van der Waals surface area (Å²) in [5.41, 5.74) is 8.33. The Morgan fingerprint density at radius 2 is 1.81 bits per heavy atom. The van der Waals surface area contributed by atoms with Crippen LogP contribution < -0.4 is 5.73 Å². The molecule has 0 unspecified atom stereocenters. The Morgan fingerprint density at radius 1 is 1.10 bits per heavy atom. The Labute approximate surface area is 133 Å². The molecule has 2 N–H and O–H groups in total. The first-order valence-corrected chi connectivity index (χ1v) is 7.19. The normalized spacial score (nSPS) is 10.8. The largest absolute Gasteiger partial charge is 0.367 e. The van der Waals surface area contributed by atoms with Crippen molar-refractivity contribution in [3.63, 3.8) is 0 Å². The van der Waals surface area contributed by atoms with Gasteiger partial charge in [-0.2, -0.15) is 0 Å². The van der Waals surface area contributed by atoms with Crippen LogP contribution >= 0.6 is 27.5 Å². The monoisotopic (exact) mass is 366 g/mol. The van der Waals surface area contributed by atoms with Gasteiger partial charge in [-0.25, -0.2) is 4.39 Å². The van der Waals surface area contributed by atoms with Crippen molar-refractivity contribution < 1.29 is 8.91 Å². The fourth-order valence-corrected chi connectivity index (χ4v) is 2.68. The van der Waals surface area contributed by atoms with E-state index in [2.05, 4.69) is 21.1 Å². The number of anilines is 1. The number of halogens is 3. The molecule has 1 heterocycles. The number of nitrogens with two attached hydrogens (primary N) is 1. The molecule has 21 heavy (non-hydrogen) atoms. The predicted octanol–water partition coefficient (Wildman–Crippen LogP) is 5.15. The van der Waals surface area contributed by atoms with Gasteiger partial charge in [0.2, 0.25) is 5.88 Å². The van der Waals surface area contributed by atoms with Crippen LogP contribution in [0.15, 0.2) is 51.5 Å². The Morgan fingerprint density at radius 3 is 2.48 bits per heavy atom. The SMILES string of the molecule is Nc1onc(-c2cc(F)cc(Br)c2)c1-c1ccc(Cl)cc1. The molecule has 0 saturated carbocycles. The van der Waals surface area contributed by atoms with Crippen molar-refractivity contribution in [1.82, 2.24) is 5.16 Å². The van der Waals surface area contributed by atoms with Gasteiger partial charge in [0.05, 0.1) is 5.56 Å². The van der Waals surface area contributed by atoms with E-state index in [1.807, 2.05) is 12.1 Å². The van der Waals surface area contributed by atoms with Crippen LogP contribution in [0.2, 0.25) is 5.02 Å². The predicted molar refractivity (Wildman–Crippen MR) is 84.5 cm³/mol. The van der Waals surface area contributed by atoms with Gasteiger partial charge in [-0.1, -0.05) is 44.8 Å². The third-order valence-electron chi connectivity index (χ3n) is 2.99. The lowest BCUT2D eigenvalue weighted by atomic mass is 10.0. The Kier molecular flexibility index (Phi) is 3.69. The van der Waals surface area contributed by atoms with Gasteiger partial charge in [-0.05, 0) is 35.9 Å². The second kappa shape index (κ2) is 5.50. The van der Waals surface area contributed by atoms with Crippen LogP contribution in [0.3, 0.4) is 0 Å². The van der Waals surface area contributed by atoms with Gasteiger partial charge in [0.25, 0.3) is 0 Å². The summed E-state index contributed by atoms with van der Waals surface area (Å²) in [6.07, 6.45) is 0. The van der Waals surface area contributed by atoms with E-state index in [-0.39, 0.29) is 11.7 Å². The van der Waals surface area contributed by atoms with Gasteiger partial charge in [0.1, 0.15) is 11.5 Å². The van der Waals surface area contributed by atoms with E-state index in [9.17, 15) is 4.39 Å². The highest BCUT2D eigenvalue weighted by atomic mass is 79.9. The fraction of sp³-hybridized carbons (Fsp3) is 0. The van der Waals surface area contributed by atoms with Gasteiger partial charge >= 0.3 is 0 Å². The third kappa shape index (κ3) is 2.80. The number of hydrogen-bond acceptors (Lipinski definition) is 3. The van der Waals surface area contributed by atoms with Gasteiger partial charge in [-0.15, -0.1) is 0 Å². The maximum absolute atomic E-state index is 13.6. The minimum atomic E-state index is -0.372. The molecule has 0 amide bonds. The van der Waals surface area contributed by atoms with Crippen LogP contribution in [0.5, 0.6) is 0 Å². The molecule has 3 rings (SSSR count). The van der Waals surface area contributed by atoms with Gasteiger partial charge in [0, 0.05) is 15.1 Å². The fourth-order valence-electron chi connectivity index (χ4n) is 2.09. The first kappa shape index (κ1) is 14.1. The zero-order valence-electron chi connectivity index (χ0n) is 10.6. The van der Waals surface area contributed by atoms with Crippen LogP contribution in [0.1, 0.15) is 0 Å². The minimum Gasteiger partial charge on any atom is -0.367 e. The molecule has 3 aromatic rings. The zero-order valence-corrected chi connectivity index (χ0v) is 13.0. The van der Waals surface area contributed by atoms with Crippen LogP contribution in [0.25, 0.3) is 22.4 Å². The molecule has 0 bridgehead atoms. The Bertz CT molecular complexity index is 782. The number of nitrogens with zero attached hydrogens (tertiary/aromatic N) is 1. The molecular weight excluding hydrogens is 359 g/mol. The molecule has 0 atom stereocenters. The van der Waals surface area contributed by atoms with Crippen molar-refractivity contribution >= 4 is 33.4 Å². The molecule has 0 fully saturated rings. The van der Waals surface area contributed by atoms with E-state index in [0.29, 0.717) is 26.3 Å². The molecule has 106 valence electrons. The lowest BCUT2D eigenvalue weighted by molar-refractivity contribution is 0.439.